The van der Waals surface area contributed by atoms with Crippen molar-refractivity contribution in [3.8, 4) is 23.1 Å². The van der Waals surface area contributed by atoms with Crippen LogP contribution in [0.1, 0.15) is 12.5 Å². The molecule has 1 amide bonds. The highest BCUT2D eigenvalue weighted by molar-refractivity contribution is 5.72. The first kappa shape index (κ1) is 14.5. The minimum Gasteiger partial charge on any atom is -0.410 e. The Hall–Kier alpha value is -3.40. The van der Waals surface area contributed by atoms with Crippen LogP contribution in [-0.4, -0.2) is 27.2 Å². The van der Waals surface area contributed by atoms with E-state index in [2.05, 4.69) is 21.5 Å². The maximum atomic E-state index is 11.5. The van der Waals surface area contributed by atoms with Crippen LogP contribution in [0.4, 0.5) is 4.79 Å². The molecule has 0 aliphatic rings. The molecule has 114 valence electrons. The molecule has 0 spiro atoms. The summed E-state index contributed by atoms with van der Waals surface area (Å²) in [6, 6.07) is 10.9. The van der Waals surface area contributed by atoms with Crippen LogP contribution in [-0.2, 0) is 0 Å². The lowest BCUT2D eigenvalue weighted by molar-refractivity contribution is 0.201. The third-order valence-corrected chi connectivity index (χ3v) is 3.18. The van der Waals surface area contributed by atoms with Crippen LogP contribution in [0.5, 0.6) is 5.75 Å². The standard InChI is InChI=1S/C16H13N5O2/c1-2-18-16(22)23-13-5-3-4-11(8-13)14-6-7-19-15-12(9-17)10-20-21(14)15/h3-8,10H,2H2,1H3,(H,18,22). The second-order valence-electron chi connectivity index (χ2n) is 4.68. The van der Waals surface area contributed by atoms with Gasteiger partial charge in [0.1, 0.15) is 17.4 Å². The fraction of sp³-hybridized carbons (Fsp3) is 0.125. The first-order valence-electron chi connectivity index (χ1n) is 7.02. The van der Waals surface area contributed by atoms with Crippen molar-refractivity contribution in [1.82, 2.24) is 19.9 Å². The second kappa shape index (κ2) is 6.15. The van der Waals surface area contributed by atoms with E-state index in [1.54, 1.807) is 35.0 Å². The van der Waals surface area contributed by atoms with Crippen LogP contribution in [0.2, 0.25) is 0 Å². The maximum Gasteiger partial charge on any atom is 0.412 e. The van der Waals surface area contributed by atoms with Gasteiger partial charge in [-0.2, -0.15) is 10.4 Å². The van der Waals surface area contributed by atoms with E-state index in [1.807, 2.05) is 13.0 Å². The molecule has 0 radical (unpaired) electrons. The predicted molar refractivity (Wildman–Crippen MR) is 82.8 cm³/mol. The first-order valence-corrected chi connectivity index (χ1v) is 7.02. The number of nitriles is 1. The summed E-state index contributed by atoms with van der Waals surface area (Å²) < 4.78 is 6.79. The van der Waals surface area contributed by atoms with Crippen molar-refractivity contribution in [2.45, 2.75) is 6.92 Å². The molecule has 7 nitrogen and oxygen atoms in total. The van der Waals surface area contributed by atoms with Gasteiger partial charge in [0, 0.05) is 18.3 Å². The lowest BCUT2D eigenvalue weighted by Crippen LogP contribution is -2.26. The molecule has 1 N–H and O–H groups in total. The highest BCUT2D eigenvalue weighted by Crippen LogP contribution is 2.24. The van der Waals surface area contributed by atoms with Gasteiger partial charge in [-0.3, -0.25) is 0 Å². The minimum atomic E-state index is -0.504. The number of rotatable bonds is 3. The van der Waals surface area contributed by atoms with Gasteiger partial charge >= 0.3 is 6.09 Å². The number of fused-ring (bicyclic) bond motifs is 1. The summed E-state index contributed by atoms with van der Waals surface area (Å²) in [6.45, 7) is 2.31. The Labute approximate surface area is 132 Å². The van der Waals surface area contributed by atoms with E-state index in [9.17, 15) is 4.79 Å². The van der Waals surface area contributed by atoms with Gasteiger partial charge in [-0.1, -0.05) is 12.1 Å². The van der Waals surface area contributed by atoms with Gasteiger partial charge in [0.25, 0.3) is 0 Å². The number of hydrogen-bond acceptors (Lipinski definition) is 5. The number of aromatic nitrogens is 3. The quantitative estimate of drug-likeness (QED) is 0.802. The maximum absolute atomic E-state index is 11.5. The number of nitrogens with zero attached hydrogens (tertiary/aromatic N) is 4. The van der Waals surface area contributed by atoms with Crippen LogP contribution in [0.3, 0.4) is 0 Å². The zero-order chi connectivity index (χ0) is 16.2. The Morgan fingerprint density at radius 3 is 3.09 bits per heavy atom. The van der Waals surface area contributed by atoms with E-state index in [0.717, 1.165) is 11.3 Å². The highest BCUT2D eigenvalue weighted by Gasteiger charge is 2.11. The number of amides is 1. The molecule has 0 saturated carbocycles. The van der Waals surface area contributed by atoms with Gasteiger partial charge in [0.2, 0.25) is 0 Å². The molecule has 1 aromatic carbocycles. The summed E-state index contributed by atoms with van der Waals surface area (Å²) in [4.78, 5) is 15.7. The van der Waals surface area contributed by atoms with Crippen molar-refractivity contribution >= 4 is 11.7 Å². The third kappa shape index (κ3) is 2.82. The van der Waals surface area contributed by atoms with Crippen LogP contribution < -0.4 is 10.1 Å². The van der Waals surface area contributed by atoms with Crippen molar-refractivity contribution in [1.29, 1.82) is 5.26 Å². The summed E-state index contributed by atoms with van der Waals surface area (Å²) in [6.07, 6.45) is 2.58. The monoisotopic (exact) mass is 307 g/mol. The molecule has 3 rings (SSSR count). The molecule has 0 bridgehead atoms. The lowest BCUT2D eigenvalue weighted by Gasteiger charge is -2.08. The second-order valence-corrected chi connectivity index (χ2v) is 4.68. The topological polar surface area (TPSA) is 92.3 Å². The van der Waals surface area contributed by atoms with Crippen molar-refractivity contribution in [3.05, 3.63) is 48.3 Å². The van der Waals surface area contributed by atoms with Gasteiger partial charge in [-0.15, -0.1) is 0 Å². The number of hydrogen-bond donors (Lipinski definition) is 1. The van der Waals surface area contributed by atoms with Crippen LogP contribution >= 0.6 is 0 Å². The minimum absolute atomic E-state index is 0.404. The van der Waals surface area contributed by atoms with Crippen LogP contribution in [0, 0.1) is 11.3 Å². The lowest BCUT2D eigenvalue weighted by atomic mass is 10.1. The fourth-order valence-corrected chi connectivity index (χ4v) is 2.20. The highest BCUT2D eigenvalue weighted by atomic mass is 16.5. The van der Waals surface area contributed by atoms with Gasteiger partial charge in [-0.05, 0) is 25.1 Å². The Morgan fingerprint density at radius 2 is 2.30 bits per heavy atom. The first-order chi connectivity index (χ1) is 11.2. The summed E-state index contributed by atoms with van der Waals surface area (Å²) in [5, 5.41) is 15.8. The van der Waals surface area contributed by atoms with Crippen LogP contribution in [0.15, 0.2) is 42.7 Å². The summed E-state index contributed by atoms with van der Waals surface area (Å²) in [5.74, 6) is 0.422. The van der Waals surface area contributed by atoms with E-state index >= 15 is 0 Å². The number of benzene rings is 1. The van der Waals surface area contributed by atoms with Crippen molar-refractivity contribution in [2.24, 2.45) is 0 Å². The van der Waals surface area contributed by atoms with Crippen molar-refractivity contribution in [3.63, 3.8) is 0 Å². The predicted octanol–water partition coefficient (Wildman–Crippen LogP) is 2.38. The van der Waals surface area contributed by atoms with Gasteiger partial charge in [0.05, 0.1) is 11.9 Å². The molecule has 0 atom stereocenters. The average molecular weight is 307 g/mol. The zero-order valence-electron chi connectivity index (χ0n) is 12.4. The number of carbonyl (C=O) groups excluding carboxylic acids is 1. The Morgan fingerprint density at radius 1 is 1.43 bits per heavy atom. The normalized spacial score (nSPS) is 10.3. The van der Waals surface area contributed by atoms with E-state index < -0.39 is 6.09 Å². The summed E-state index contributed by atoms with van der Waals surface area (Å²) in [5.41, 5.74) is 2.44. The van der Waals surface area contributed by atoms with E-state index in [-0.39, 0.29) is 0 Å². The number of carbonyl (C=O) groups is 1. The van der Waals surface area contributed by atoms with Crippen molar-refractivity contribution < 1.29 is 9.53 Å². The Balaban J connectivity index is 2.01. The van der Waals surface area contributed by atoms with E-state index in [1.165, 1.54) is 6.20 Å². The molecule has 7 heteroatoms. The Bertz CT molecular complexity index is 910. The average Bonchev–Trinajstić information content (AvgIpc) is 2.98. The molecule has 3 aromatic rings. The van der Waals surface area contributed by atoms with Gasteiger partial charge in [-0.25, -0.2) is 14.3 Å². The molecular formula is C16H13N5O2. The van der Waals surface area contributed by atoms with Gasteiger partial charge in [0.15, 0.2) is 5.65 Å². The SMILES string of the molecule is CCNC(=O)Oc1cccc(-c2ccnc3c(C#N)cnn23)c1. The third-order valence-electron chi connectivity index (χ3n) is 3.18. The zero-order valence-corrected chi connectivity index (χ0v) is 12.4. The smallest absolute Gasteiger partial charge is 0.410 e. The molecule has 0 saturated heterocycles. The van der Waals surface area contributed by atoms with Crippen molar-refractivity contribution in [2.75, 3.05) is 6.54 Å². The summed E-state index contributed by atoms with van der Waals surface area (Å²) in [7, 11) is 0. The molecule has 0 aliphatic carbocycles. The van der Waals surface area contributed by atoms with E-state index in [0.29, 0.717) is 23.5 Å². The molecular weight excluding hydrogens is 294 g/mol. The summed E-state index contributed by atoms with van der Waals surface area (Å²) >= 11 is 0. The fourth-order valence-electron chi connectivity index (χ4n) is 2.20. The largest absolute Gasteiger partial charge is 0.412 e. The van der Waals surface area contributed by atoms with Crippen LogP contribution in [0.25, 0.3) is 16.9 Å². The molecule has 23 heavy (non-hydrogen) atoms. The van der Waals surface area contributed by atoms with Gasteiger partial charge < -0.3 is 10.1 Å². The molecule has 0 fully saturated rings. The molecule has 2 heterocycles. The van der Waals surface area contributed by atoms with E-state index in [4.69, 9.17) is 10.00 Å². The number of nitrogens with one attached hydrogen (secondary N) is 1. The number of ether oxygens (including phenoxy) is 1. The Kier molecular flexibility index (Phi) is 3.89. The molecule has 0 unspecified atom stereocenters. The molecule has 2 aromatic heterocycles. The molecule has 0 aliphatic heterocycles.